The third kappa shape index (κ3) is 1.62. The van der Waals surface area contributed by atoms with Crippen LogP contribution in [0.5, 0.6) is 0 Å². The minimum atomic E-state index is 1.33. The van der Waals surface area contributed by atoms with Crippen molar-refractivity contribution in [1.29, 1.82) is 0 Å². The van der Waals surface area contributed by atoms with Crippen LogP contribution in [0.15, 0.2) is 11.8 Å². The van der Waals surface area contributed by atoms with Gasteiger partial charge in [-0.15, -0.1) is 0 Å². The van der Waals surface area contributed by atoms with Gasteiger partial charge in [0.15, 0.2) is 0 Å². The van der Waals surface area contributed by atoms with Crippen molar-refractivity contribution >= 4 is 0 Å². The van der Waals surface area contributed by atoms with Gasteiger partial charge >= 0.3 is 0 Å². The van der Waals surface area contributed by atoms with E-state index in [9.17, 15) is 0 Å². The first kappa shape index (κ1) is 4.69. The second-order valence-corrected chi connectivity index (χ2v) is 2.25. The van der Waals surface area contributed by atoms with E-state index in [0.717, 1.165) is 0 Å². The molecule has 0 saturated heterocycles. The van der Waals surface area contributed by atoms with Crippen molar-refractivity contribution in [3.05, 3.63) is 11.8 Å². The van der Waals surface area contributed by atoms with E-state index in [1.54, 1.807) is 5.57 Å². The predicted molar refractivity (Wildman–Crippen MR) is 31.0 cm³/mol. The largest absolute Gasteiger partial charge is 0.384 e. The summed E-state index contributed by atoms with van der Waals surface area (Å²) in [5, 5.41) is 0. The average Bonchev–Trinajstić information content (AvgIpc) is 2.17. The van der Waals surface area contributed by atoms with Crippen LogP contribution >= 0.6 is 0 Å². The van der Waals surface area contributed by atoms with Crippen LogP contribution in [0.2, 0.25) is 0 Å². The molecule has 1 nitrogen and oxygen atoms in total. The fraction of sp³-hybridized carbons (Fsp3) is 0.667. The molecule has 0 N–H and O–H groups in total. The third-order valence-corrected chi connectivity index (χ3v) is 0.979. The first-order valence-corrected chi connectivity index (χ1v) is 2.65. The van der Waals surface area contributed by atoms with E-state index in [4.69, 9.17) is 0 Å². The summed E-state index contributed by atoms with van der Waals surface area (Å²) in [6, 6.07) is 0. The van der Waals surface area contributed by atoms with Gasteiger partial charge in [-0.05, 0) is 19.0 Å². The molecule has 0 aromatic carbocycles. The molecule has 0 unspecified atom stereocenters. The number of hydrogen-bond donors (Lipinski definition) is 0. The van der Waals surface area contributed by atoms with Crippen molar-refractivity contribution in [2.75, 3.05) is 14.1 Å². The summed E-state index contributed by atoms with van der Waals surface area (Å²) in [4.78, 5) is 2.10. The number of rotatable bonds is 1. The van der Waals surface area contributed by atoms with Crippen molar-refractivity contribution in [3.8, 4) is 0 Å². The van der Waals surface area contributed by atoms with E-state index >= 15 is 0 Å². The monoisotopic (exact) mass is 97.1 g/mol. The Bertz CT molecular complexity index is 86.4. The Hall–Kier alpha value is -0.460. The van der Waals surface area contributed by atoms with Crippen LogP contribution in [0.4, 0.5) is 0 Å². The van der Waals surface area contributed by atoms with Crippen LogP contribution in [0.3, 0.4) is 0 Å². The molecule has 1 aliphatic carbocycles. The maximum atomic E-state index is 2.19. The van der Waals surface area contributed by atoms with E-state index in [1.807, 2.05) is 0 Å². The summed E-state index contributed by atoms with van der Waals surface area (Å²) < 4.78 is 0. The number of nitrogens with zero attached hydrogens (tertiary/aromatic N) is 1. The van der Waals surface area contributed by atoms with Crippen molar-refractivity contribution in [3.63, 3.8) is 0 Å². The zero-order chi connectivity index (χ0) is 5.28. The van der Waals surface area contributed by atoms with Gasteiger partial charge in [0.05, 0.1) is 0 Å². The average molecular weight is 97.2 g/mol. The molecular weight excluding hydrogens is 86.1 g/mol. The minimum absolute atomic E-state index is 1.33. The maximum Gasteiger partial charge on any atom is 0.00556 e. The lowest BCUT2D eigenvalue weighted by Crippen LogP contribution is -1.99. The zero-order valence-electron chi connectivity index (χ0n) is 4.94. The Labute approximate surface area is 44.6 Å². The molecule has 0 heterocycles. The van der Waals surface area contributed by atoms with Gasteiger partial charge in [-0.2, -0.15) is 0 Å². The lowest BCUT2D eigenvalue weighted by atomic mass is 10.6. The van der Waals surface area contributed by atoms with Crippen LogP contribution in [0.1, 0.15) is 12.8 Å². The summed E-state index contributed by atoms with van der Waals surface area (Å²) in [5.41, 5.74) is 1.59. The Morgan fingerprint density at radius 1 is 1.43 bits per heavy atom. The van der Waals surface area contributed by atoms with Crippen LogP contribution in [0, 0.1) is 0 Å². The SMILES string of the molecule is CN(C)C=C1CC1. The Morgan fingerprint density at radius 2 is 2.00 bits per heavy atom. The lowest BCUT2D eigenvalue weighted by Gasteiger charge is -2.00. The Balaban J connectivity index is 2.30. The van der Waals surface area contributed by atoms with Crippen LogP contribution < -0.4 is 0 Å². The quantitative estimate of drug-likeness (QED) is 0.475. The molecule has 1 aliphatic rings. The van der Waals surface area contributed by atoms with E-state index in [0.29, 0.717) is 0 Å². The highest BCUT2D eigenvalue weighted by Crippen LogP contribution is 2.27. The van der Waals surface area contributed by atoms with Crippen LogP contribution in [-0.2, 0) is 0 Å². The molecule has 7 heavy (non-hydrogen) atoms. The molecule has 0 aliphatic heterocycles. The molecule has 40 valence electrons. The van der Waals surface area contributed by atoms with E-state index in [-0.39, 0.29) is 0 Å². The summed E-state index contributed by atoms with van der Waals surface area (Å²) in [5.74, 6) is 0. The molecule has 1 rings (SSSR count). The fourth-order valence-electron chi connectivity index (χ4n) is 0.566. The normalized spacial score (nSPS) is 16.6. The van der Waals surface area contributed by atoms with Gasteiger partial charge in [0, 0.05) is 14.1 Å². The van der Waals surface area contributed by atoms with Crippen molar-refractivity contribution in [1.82, 2.24) is 4.90 Å². The topological polar surface area (TPSA) is 3.24 Å². The first-order chi connectivity index (χ1) is 3.29. The number of hydrogen-bond acceptors (Lipinski definition) is 1. The zero-order valence-corrected chi connectivity index (χ0v) is 4.94. The fourth-order valence-corrected chi connectivity index (χ4v) is 0.566. The van der Waals surface area contributed by atoms with Crippen molar-refractivity contribution in [2.45, 2.75) is 12.8 Å². The van der Waals surface area contributed by atoms with E-state index in [2.05, 4.69) is 25.2 Å². The molecule has 0 aromatic rings. The maximum absolute atomic E-state index is 2.19. The second kappa shape index (κ2) is 1.57. The standard InChI is InChI=1S/C6H11N/c1-7(2)5-6-3-4-6/h5H,3-4H2,1-2H3. The predicted octanol–water partition coefficient (Wildman–Crippen LogP) is 1.23. The highest BCUT2D eigenvalue weighted by atomic mass is 15.0. The van der Waals surface area contributed by atoms with Gasteiger partial charge in [0.1, 0.15) is 0 Å². The molecule has 0 radical (unpaired) electrons. The van der Waals surface area contributed by atoms with Gasteiger partial charge in [-0.1, -0.05) is 5.57 Å². The lowest BCUT2D eigenvalue weighted by molar-refractivity contribution is 0.561. The minimum Gasteiger partial charge on any atom is -0.384 e. The molecule has 0 aromatic heterocycles. The third-order valence-electron chi connectivity index (χ3n) is 0.979. The molecule has 0 spiro atoms. The Kier molecular flexibility index (Phi) is 1.05. The van der Waals surface area contributed by atoms with Gasteiger partial charge < -0.3 is 4.90 Å². The molecule has 1 heteroatoms. The van der Waals surface area contributed by atoms with E-state index in [1.165, 1.54) is 12.8 Å². The van der Waals surface area contributed by atoms with E-state index < -0.39 is 0 Å². The molecule has 1 fully saturated rings. The van der Waals surface area contributed by atoms with Crippen LogP contribution in [-0.4, -0.2) is 19.0 Å². The van der Waals surface area contributed by atoms with Crippen molar-refractivity contribution in [2.24, 2.45) is 0 Å². The van der Waals surface area contributed by atoms with Gasteiger partial charge in [-0.3, -0.25) is 0 Å². The number of allylic oxidation sites excluding steroid dienone is 1. The van der Waals surface area contributed by atoms with Gasteiger partial charge in [-0.25, -0.2) is 0 Å². The summed E-state index contributed by atoms with van der Waals surface area (Å²) in [7, 11) is 4.12. The molecule has 0 amide bonds. The second-order valence-electron chi connectivity index (χ2n) is 2.25. The summed E-state index contributed by atoms with van der Waals surface area (Å²) >= 11 is 0. The summed E-state index contributed by atoms with van der Waals surface area (Å²) in [6.07, 6.45) is 4.86. The molecular formula is C6H11N. The van der Waals surface area contributed by atoms with Gasteiger partial charge in [0.25, 0.3) is 0 Å². The van der Waals surface area contributed by atoms with Crippen molar-refractivity contribution < 1.29 is 0 Å². The summed E-state index contributed by atoms with van der Waals surface area (Å²) in [6.45, 7) is 0. The highest BCUT2D eigenvalue weighted by molar-refractivity contribution is 5.14. The highest BCUT2D eigenvalue weighted by Gasteiger charge is 2.09. The Morgan fingerprint density at radius 3 is 2.14 bits per heavy atom. The van der Waals surface area contributed by atoms with Crippen LogP contribution in [0.25, 0.3) is 0 Å². The molecule has 0 atom stereocenters. The smallest absolute Gasteiger partial charge is 0.00556 e. The van der Waals surface area contributed by atoms with Gasteiger partial charge in [0.2, 0.25) is 0 Å². The first-order valence-electron chi connectivity index (χ1n) is 2.65. The molecule has 1 saturated carbocycles. The molecule has 0 bridgehead atoms.